The molecule has 1 aromatic rings. The second-order valence-electron chi connectivity index (χ2n) is 7.43. The summed E-state index contributed by atoms with van der Waals surface area (Å²) in [5.74, 6) is 0.0202. The smallest absolute Gasteiger partial charge is 0.299 e. The molecule has 0 N–H and O–H groups in total. The molecule has 2 aliphatic rings. The van der Waals surface area contributed by atoms with Crippen molar-refractivity contribution in [2.24, 2.45) is 5.92 Å². The van der Waals surface area contributed by atoms with E-state index in [1.165, 1.54) is 8.87 Å². The summed E-state index contributed by atoms with van der Waals surface area (Å²) in [6.07, 6.45) is 1.23. The molecule has 11 heteroatoms. The van der Waals surface area contributed by atoms with Gasteiger partial charge in [-0.05, 0) is 31.6 Å². The molecule has 158 valence electrons. The Labute approximate surface area is 162 Å². The third-order valence-electron chi connectivity index (χ3n) is 5.42. The van der Waals surface area contributed by atoms with E-state index in [1.54, 1.807) is 4.31 Å². The number of alkyl halides is 3. The highest BCUT2D eigenvalue weighted by atomic mass is 32.2. The first-order valence-corrected chi connectivity index (χ1v) is 11.0. The Morgan fingerprint density at radius 3 is 2.11 bits per heavy atom. The fraction of sp³-hybridized carbons (Fsp3) is 0.765. The monoisotopic (exact) mass is 422 g/mol. The molecule has 28 heavy (non-hydrogen) atoms. The lowest BCUT2D eigenvalue weighted by atomic mass is 9.98. The van der Waals surface area contributed by atoms with Crippen molar-refractivity contribution in [1.82, 2.24) is 18.2 Å². The van der Waals surface area contributed by atoms with E-state index in [0.717, 1.165) is 32.0 Å². The average Bonchev–Trinajstić information content (AvgIpc) is 2.93. The van der Waals surface area contributed by atoms with Crippen molar-refractivity contribution in [1.29, 1.82) is 0 Å². The maximum atomic E-state index is 12.8. The van der Waals surface area contributed by atoms with E-state index >= 15 is 0 Å². The van der Waals surface area contributed by atoms with E-state index in [4.69, 9.17) is 0 Å². The Morgan fingerprint density at radius 2 is 1.57 bits per heavy atom. The molecule has 2 fully saturated rings. The molecule has 0 radical (unpaired) electrons. The van der Waals surface area contributed by atoms with Crippen molar-refractivity contribution >= 4 is 10.2 Å². The van der Waals surface area contributed by atoms with Gasteiger partial charge in [-0.1, -0.05) is 12.8 Å². The number of hydrogen-bond acceptors (Lipinski definition) is 4. The van der Waals surface area contributed by atoms with E-state index in [0.29, 0.717) is 45.1 Å². The summed E-state index contributed by atoms with van der Waals surface area (Å²) in [5.41, 5.74) is -1.95. The SMILES string of the molecule is O=c1cc(C(F)(F)F)ncn1CC1CCN(S(=O)(=O)N2CCCCCC2)CC1. The lowest BCUT2D eigenvalue weighted by Crippen LogP contribution is -2.48. The van der Waals surface area contributed by atoms with E-state index in [2.05, 4.69) is 4.98 Å². The van der Waals surface area contributed by atoms with Gasteiger partial charge in [-0.3, -0.25) is 9.36 Å². The largest absolute Gasteiger partial charge is 0.433 e. The van der Waals surface area contributed by atoms with Gasteiger partial charge in [0.1, 0.15) is 0 Å². The summed E-state index contributed by atoms with van der Waals surface area (Å²) in [4.78, 5) is 15.3. The molecule has 2 saturated heterocycles. The predicted molar refractivity (Wildman–Crippen MR) is 96.8 cm³/mol. The van der Waals surface area contributed by atoms with Crippen molar-refractivity contribution in [2.45, 2.75) is 51.2 Å². The quantitative estimate of drug-likeness (QED) is 0.745. The van der Waals surface area contributed by atoms with Crippen molar-refractivity contribution in [3.63, 3.8) is 0 Å². The molecular formula is C17H25F3N4O3S. The van der Waals surface area contributed by atoms with Crippen molar-refractivity contribution in [2.75, 3.05) is 26.2 Å². The maximum absolute atomic E-state index is 12.8. The van der Waals surface area contributed by atoms with E-state index in [-0.39, 0.29) is 12.5 Å². The zero-order valence-electron chi connectivity index (χ0n) is 15.6. The highest BCUT2D eigenvalue weighted by Gasteiger charge is 2.34. The average molecular weight is 422 g/mol. The number of halogens is 3. The fourth-order valence-electron chi connectivity index (χ4n) is 3.75. The highest BCUT2D eigenvalue weighted by Crippen LogP contribution is 2.27. The molecule has 0 atom stereocenters. The van der Waals surface area contributed by atoms with Crippen LogP contribution in [0.1, 0.15) is 44.2 Å². The molecule has 0 amide bonds. The van der Waals surface area contributed by atoms with Gasteiger partial charge in [-0.25, -0.2) is 4.98 Å². The zero-order chi connectivity index (χ0) is 20.4. The third-order valence-corrected chi connectivity index (χ3v) is 7.45. The van der Waals surface area contributed by atoms with Gasteiger partial charge in [0.15, 0.2) is 5.69 Å². The van der Waals surface area contributed by atoms with Crippen molar-refractivity contribution in [3.05, 3.63) is 28.4 Å². The molecule has 0 aliphatic carbocycles. The lowest BCUT2D eigenvalue weighted by Gasteiger charge is -2.34. The van der Waals surface area contributed by atoms with Gasteiger partial charge in [0.05, 0.1) is 6.33 Å². The van der Waals surface area contributed by atoms with Gasteiger partial charge >= 0.3 is 6.18 Å². The van der Waals surface area contributed by atoms with E-state index in [9.17, 15) is 26.4 Å². The minimum absolute atomic E-state index is 0.0202. The van der Waals surface area contributed by atoms with Crippen LogP contribution in [0.15, 0.2) is 17.2 Å². The standard InChI is InChI=1S/C17H25F3N4O3S/c18-17(19,20)15-11-16(25)22(13-21-15)12-14-5-9-24(10-6-14)28(26,27)23-7-3-1-2-4-8-23/h11,13-14H,1-10,12H2. The molecule has 1 aromatic heterocycles. The number of hydrogen-bond donors (Lipinski definition) is 0. The summed E-state index contributed by atoms with van der Waals surface area (Å²) in [7, 11) is -3.47. The Morgan fingerprint density at radius 1 is 1.00 bits per heavy atom. The molecule has 7 nitrogen and oxygen atoms in total. The first-order valence-electron chi connectivity index (χ1n) is 9.57. The van der Waals surface area contributed by atoms with Crippen molar-refractivity contribution in [3.8, 4) is 0 Å². The second-order valence-corrected chi connectivity index (χ2v) is 9.35. The predicted octanol–water partition coefficient (Wildman–Crippen LogP) is 2.09. The van der Waals surface area contributed by atoms with Gasteiger partial charge in [0.2, 0.25) is 0 Å². The van der Waals surface area contributed by atoms with Gasteiger partial charge in [-0.15, -0.1) is 0 Å². The van der Waals surface area contributed by atoms with Crippen LogP contribution >= 0.6 is 0 Å². The topological polar surface area (TPSA) is 75.5 Å². The molecule has 0 bridgehead atoms. The number of nitrogens with zero attached hydrogens (tertiary/aromatic N) is 4. The Bertz CT molecular complexity index is 825. The minimum Gasteiger partial charge on any atom is -0.299 e. The molecule has 0 saturated carbocycles. The second kappa shape index (κ2) is 8.50. The van der Waals surface area contributed by atoms with Crippen LogP contribution in [0.5, 0.6) is 0 Å². The van der Waals surface area contributed by atoms with Gasteiger partial charge in [0.25, 0.3) is 15.8 Å². The molecule has 3 heterocycles. The molecule has 0 spiro atoms. The summed E-state index contributed by atoms with van der Waals surface area (Å²) in [6.45, 7) is 2.05. The normalized spacial score (nSPS) is 21.5. The lowest BCUT2D eigenvalue weighted by molar-refractivity contribution is -0.141. The van der Waals surface area contributed by atoms with Gasteiger partial charge in [-0.2, -0.15) is 30.2 Å². The first-order chi connectivity index (χ1) is 13.2. The van der Waals surface area contributed by atoms with Crippen LogP contribution in [0.2, 0.25) is 0 Å². The van der Waals surface area contributed by atoms with Crippen LogP contribution in [0.4, 0.5) is 13.2 Å². The molecule has 0 unspecified atom stereocenters. The van der Waals surface area contributed by atoms with E-state index < -0.39 is 27.6 Å². The zero-order valence-corrected chi connectivity index (χ0v) is 16.4. The van der Waals surface area contributed by atoms with Crippen LogP contribution in [0.3, 0.4) is 0 Å². The van der Waals surface area contributed by atoms with Crippen molar-refractivity contribution < 1.29 is 21.6 Å². The Hall–Kier alpha value is -1.46. The maximum Gasteiger partial charge on any atom is 0.433 e. The first kappa shape index (κ1) is 21.3. The number of piperidine rings is 1. The highest BCUT2D eigenvalue weighted by molar-refractivity contribution is 7.86. The van der Waals surface area contributed by atoms with Crippen LogP contribution in [0.25, 0.3) is 0 Å². The van der Waals surface area contributed by atoms with Gasteiger partial charge < -0.3 is 0 Å². The van der Waals surface area contributed by atoms with Crippen LogP contribution < -0.4 is 5.56 Å². The van der Waals surface area contributed by atoms with Crippen LogP contribution in [0, 0.1) is 5.92 Å². The van der Waals surface area contributed by atoms with Crippen LogP contribution in [-0.2, 0) is 22.9 Å². The summed E-state index contributed by atoms with van der Waals surface area (Å²) < 4.78 is 67.7. The van der Waals surface area contributed by atoms with Gasteiger partial charge in [0, 0.05) is 38.8 Å². The van der Waals surface area contributed by atoms with Crippen LogP contribution in [-0.4, -0.2) is 52.8 Å². The number of aromatic nitrogens is 2. The Balaban J connectivity index is 1.59. The molecular weight excluding hydrogens is 397 g/mol. The third kappa shape index (κ3) is 4.93. The summed E-state index contributed by atoms with van der Waals surface area (Å²) in [6, 6.07) is 0.499. The molecule has 2 aliphatic heterocycles. The molecule has 0 aromatic carbocycles. The summed E-state index contributed by atoms with van der Waals surface area (Å²) in [5, 5.41) is 0. The Kier molecular flexibility index (Phi) is 6.45. The molecule has 3 rings (SSSR count). The number of rotatable bonds is 4. The summed E-state index contributed by atoms with van der Waals surface area (Å²) >= 11 is 0. The minimum atomic E-state index is -4.65. The van der Waals surface area contributed by atoms with E-state index in [1.807, 2.05) is 0 Å². The fourth-order valence-corrected chi connectivity index (χ4v) is 5.47.